The molecule has 7 nitrogen and oxygen atoms in total. The standard InChI is InChI=1S/C28H47N3O4/c1-34-28(33)25-17-22-7-8-23(31-13-15-35-16-14-31)18-24(22)27(25)29-26(32)19-30-11-9-21(10-12-30)20-5-3-2-4-6-20/h20-25,27H,2-19H2,1H3,(H,29,32). The molecule has 5 unspecified atom stereocenters. The van der Waals surface area contributed by atoms with Gasteiger partial charge in [-0.15, -0.1) is 0 Å². The lowest BCUT2D eigenvalue weighted by atomic mass is 9.76. The molecule has 2 aliphatic heterocycles. The van der Waals surface area contributed by atoms with E-state index in [1.165, 1.54) is 58.5 Å². The lowest BCUT2D eigenvalue weighted by molar-refractivity contribution is -0.146. The molecule has 1 N–H and O–H groups in total. The number of nitrogens with one attached hydrogen (secondary N) is 1. The molecule has 0 spiro atoms. The first-order chi connectivity index (χ1) is 17.1. The summed E-state index contributed by atoms with van der Waals surface area (Å²) in [5.41, 5.74) is 0. The second kappa shape index (κ2) is 11.9. The average Bonchev–Trinajstić information content (AvgIpc) is 3.27. The van der Waals surface area contributed by atoms with Crippen molar-refractivity contribution in [1.82, 2.24) is 15.1 Å². The Bertz CT molecular complexity index is 713. The maximum atomic E-state index is 13.2. The molecule has 1 amide bonds. The fraction of sp³-hybridized carbons (Fsp3) is 0.929. The topological polar surface area (TPSA) is 71.1 Å². The van der Waals surface area contributed by atoms with Crippen molar-refractivity contribution in [3.8, 4) is 0 Å². The smallest absolute Gasteiger partial charge is 0.310 e. The van der Waals surface area contributed by atoms with Crippen LogP contribution in [0, 0.1) is 29.6 Å². The molecular formula is C28H47N3O4. The van der Waals surface area contributed by atoms with E-state index in [1.807, 2.05) is 0 Å². The van der Waals surface area contributed by atoms with Crippen molar-refractivity contribution in [2.75, 3.05) is 53.0 Å². The van der Waals surface area contributed by atoms with Gasteiger partial charge in [-0.1, -0.05) is 32.1 Å². The number of morpholine rings is 1. The van der Waals surface area contributed by atoms with Gasteiger partial charge in [0.2, 0.25) is 5.91 Å². The van der Waals surface area contributed by atoms with Crippen LogP contribution in [0.2, 0.25) is 0 Å². The summed E-state index contributed by atoms with van der Waals surface area (Å²) >= 11 is 0. The fourth-order valence-electron chi connectivity index (χ4n) is 8.25. The van der Waals surface area contributed by atoms with E-state index in [1.54, 1.807) is 0 Å². The fourth-order valence-corrected chi connectivity index (χ4v) is 8.25. The summed E-state index contributed by atoms with van der Waals surface area (Å²) in [6.07, 6.45) is 13.8. The van der Waals surface area contributed by atoms with Crippen molar-refractivity contribution >= 4 is 11.9 Å². The van der Waals surface area contributed by atoms with Crippen molar-refractivity contribution in [2.45, 2.75) is 82.7 Å². The van der Waals surface area contributed by atoms with Gasteiger partial charge in [-0.25, -0.2) is 0 Å². The van der Waals surface area contributed by atoms with E-state index < -0.39 is 0 Å². The molecule has 35 heavy (non-hydrogen) atoms. The van der Waals surface area contributed by atoms with Gasteiger partial charge in [-0.2, -0.15) is 0 Å². The SMILES string of the molecule is COC(=O)C1CC2CCC(N3CCOCC3)CC2C1NC(=O)CN1CCC(C2CCCCC2)CC1. The lowest BCUT2D eigenvalue weighted by Crippen LogP contribution is -2.52. The van der Waals surface area contributed by atoms with Gasteiger partial charge in [0, 0.05) is 25.2 Å². The van der Waals surface area contributed by atoms with Gasteiger partial charge in [0.15, 0.2) is 0 Å². The van der Waals surface area contributed by atoms with Gasteiger partial charge in [0.05, 0.1) is 32.8 Å². The molecule has 3 aliphatic carbocycles. The first kappa shape index (κ1) is 25.5. The Balaban J connectivity index is 1.16. The van der Waals surface area contributed by atoms with Crippen molar-refractivity contribution < 1.29 is 19.1 Å². The van der Waals surface area contributed by atoms with Gasteiger partial charge >= 0.3 is 5.97 Å². The molecule has 5 aliphatic rings. The molecule has 5 fully saturated rings. The molecule has 0 bridgehead atoms. The maximum Gasteiger partial charge on any atom is 0.310 e. The molecule has 0 aromatic heterocycles. The number of rotatable bonds is 6. The Kier molecular flexibility index (Phi) is 8.67. The number of carbonyl (C=O) groups is 2. The molecule has 5 rings (SSSR count). The van der Waals surface area contributed by atoms with Gasteiger partial charge < -0.3 is 14.8 Å². The number of hydrogen-bond donors (Lipinski definition) is 1. The van der Waals surface area contributed by atoms with Gasteiger partial charge in [-0.05, 0) is 75.3 Å². The number of esters is 1. The minimum Gasteiger partial charge on any atom is -0.469 e. The van der Waals surface area contributed by atoms with E-state index in [2.05, 4.69) is 15.1 Å². The van der Waals surface area contributed by atoms with Crippen molar-refractivity contribution in [3.63, 3.8) is 0 Å². The van der Waals surface area contributed by atoms with Gasteiger partial charge in [-0.3, -0.25) is 19.4 Å². The third kappa shape index (κ3) is 6.04. The number of amides is 1. The normalized spacial score (nSPS) is 36.0. The number of nitrogens with zero attached hydrogens (tertiary/aromatic N) is 2. The zero-order chi connectivity index (χ0) is 24.2. The zero-order valence-corrected chi connectivity index (χ0v) is 21.8. The number of fused-ring (bicyclic) bond motifs is 1. The average molecular weight is 490 g/mol. The summed E-state index contributed by atoms with van der Waals surface area (Å²) in [7, 11) is 1.48. The van der Waals surface area contributed by atoms with Crippen LogP contribution in [0.3, 0.4) is 0 Å². The first-order valence-corrected chi connectivity index (χ1v) is 14.5. The lowest BCUT2D eigenvalue weighted by Gasteiger charge is -2.42. The van der Waals surface area contributed by atoms with Gasteiger partial charge in [0.25, 0.3) is 0 Å². The van der Waals surface area contributed by atoms with E-state index in [0.717, 1.165) is 70.5 Å². The largest absolute Gasteiger partial charge is 0.469 e. The maximum absolute atomic E-state index is 13.2. The highest BCUT2D eigenvalue weighted by atomic mass is 16.5. The van der Waals surface area contributed by atoms with Crippen LogP contribution in [-0.2, 0) is 19.1 Å². The van der Waals surface area contributed by atoms with Crippen LogP contribution in [0.15, 0.2) is 0 Å². The van der Waals surface area contributed by atoms with Crippen LogP contribution in [0.4, 0.5) is 0 Å². The number of hydrogen-bond acceptors (Lipinski definition) is 6. The quantitative estimate of drug-likeness (QED) is 0.578. The highest BCUT2D eigenvalue weighted by Gasteiger charge is 2.50. The van der Waals surface area contributed by atoms with Crippen molar-refractivity contribution in [1.29, 1.82) is 0 Å². The van der Waals surface area contributed by atoms with Crippen LogP contribution in [0.25, 0.3) is 0 Å². The van der Waals surface area contributed by atoms with Crippen LogP contribution < -0.4 is 5.32 Å². The Morgan fingerprint density at radius 2 is 1.57 bits per heavy atom. The molecular weight excluding hydrogens is 442 g/mol. The predicted octanol–water partition coefficient (Wildman–Crippen LogP) is 3.07. The second-order valence-electron chi connectivity index (χ2n) is 12.0. The minimum atomic E-state index is -0.209. The van der Waals surface area contributed by atoms with Crippen LogP contribution in [0.5, 0.6) is 0 Å². The van der Waals surface area contributed by atoms with Gasteiger partial charge in [0.1, 0.15) is 0 Å². The third-order valence-corrected chi connectivity index (χ3v) is 10.2. The second-order valence-corrected chi connectivity index (χ2v) is 12.0. The molecule has 0 aromatic carbocycles. The van der Waals surface area contributed by atoms with Crippen LogP contribution >= 0.6 is 0 Å². The van der Waals surface area contributed by atoms with E-state index in [4.69, 9.17) is 9.47 Å². The van der Waals surface area contributed by atoms with E-state index in [0.29, 0.717) is 24.4 Å². The predicted molar refractivity (Wildman–Crippen MR) is 135 cm³/mol. The number of piperidine rings is 1. The number of likely N-dealkylation sites (tertiary alicyclic amines) is 1. The Morgan fingerprint density at radius 1 is 0.857 bits per heavy atom. The number of ether oxygens (including phenoxy) is 2. The molecule has 0 aromatic rings. The monoisotopic (exact) mass is 489 g/mol. The molecule has 0 radical (unpaired) electrons. The summed E-state index contributed by atoms with van der Waals surface area (Å²) in [4.78, 5) is 30.8. The number of carbonyl (C=O) groups excluding carboxylic acids is 2. The van der Waals surface area contributed by atoms with E-state index in [9.17, 15) is 9.59 Å². The Hall–Kier alpha value is -1.18. The zero-order valence-electron chi connectivity index (χ0n) is 21.8. The van der Waals surface area contributed by atoms with Crippen LogP contribution in [-0.4, -0.2) is 86.8 Å². The van der Waals surface area contributed by atoms with Crippen molar-refractivity contribution in [3.05, 3.63) is 0 Å². The summed E-state index contributed by atoms with van der Waals surface area (Å²) in [5, 5.41) is 3.36. The summed E-state index contributed by atoms with van der Waals surface area (Å²) in [6.45, 7) is 6.15. The van der Waals surface area contributed by atoms with E-state index >= 15 is 0 Å². The van der Waals surface area contributed by atoms with E-state index in [-0.39, 0.29) is 23.8 Å². The first-order valence-electron chi connectivity index (χ1n) is 14.5. The third-order valence-electron chi connectivity index (χ3n) is 10.2. The van der Waals surface area contributed by atoms with Crippen LogP contribution in [0.1, 0.15) is 70.6 Å². The molecule has 2 heterocycles. The molecule has 2 saturated heterocycles. The highest BCUT2D eigenvalue weighted by Crippen LogP contribution is 2.47. The molecule has 5 atom stereocenters. The summed E-state index contributed by atoms with van der Waals surface area (Å²) in [5.74, 6) is 2.37. The Morgan fingerprint density at radius 3 is 2.29 bits per heavy atom. The molecule has 7 heteroatoms. The molecule has 198 valence electrons. The Labute approximate surface area is 211 Å². The molecule has 3 saturated carbocycles. The van der Waals surface area contributed by atoms with Crippen molar-refractivity contribution in [2.24, 2.45) is 29.6 Å². The number of methoxy groups -OCH3 is 1. The minimum absolute atomic E-state index is 0.0918. The summed E-state index contributed by atoms with van der Waals surface area (Å²) in [6, 6.07) is 0.443. The highest BCUT2D eigenvalue weighted by molar-refractivity contribution is 5.80. The summed E-state index contributed by atoms with van der Waals surface area (Å²) < 4.78 is 10.7.